The Hall–Kier alpha value is -3.16. The predicted octanol–water partition coefficient (Wildman–Crippen LogP) is 10.8. The first kappa shape index (κ1) is 30.8. The Morgan fingerprint density at radius 2 is 0.829 bits per heavy atom. The third kappa shape index (κ3) is 7.38. The van der Waals surface area contributed by atoms with Crippen LogP contribution >= 0.6 is 0 Å². The Balaban J connectivity index is 1.89. The van der Waals surface area contributed by atoms with Crippen molar-refractivity contribution in [3.63, 3.8) is 0 Å². The molecule has 0 N–H and O–H groups in total. The number of rotatable bonds is 17. The summed E-state index contributed by atoms with van der Waals surface area (Å²) in [5.74, 6) is 0. The van der Waals surface area contributed by atoms with Crippen molar-refractivity contribution in [1.82, 2.24) is 0 Å². The third-order valence-corrected chi connectivity index (χ3v) is 9.31. The van der Waals surface area contributed by atoms with Crippen molar-refractivity contribution < 1.29 is 4.48 Å². The van der Waals surface area contributed by atoms with E-state index < -0.39 is 0 Å². The lowest BCUT2D eigenvalue weighted by molar-refractivity contribution is -0.958. The largest absolute Gasteiger partial charge is 0.317 e. The predicted molar refractivity (Wildman–Crippen MR) is 177 cm³/mol. The molecule has 216 valence electrons. The van der Waals surface area contributed by atoms with Crippen LogP contribution in [0, 0.1) is 0 Å². The summed E-state index contributed by atoms with van der Waals surface area (Å²) < 4.78 is 1.22. The second-order valence-electron chi connectivity index (χ2n) is 11.9. The molecule has 0 aliphatic rings. The highest BCUT2D eigenvalue weighted by Gasteiger charge is 2.41. The molecular formula is C40H52N+. The molecule has 0 spiro atoms. The van der Waals surface area contributed by atoms with Crippen LogP contribution in [0.1, 0.15) is 100 Å². The Morgan fingerprint density at radius 1 is 0.488 bits per heavy atom. The molecule has 1 heteroatoms. The molecule has 0 aromatic heterocycles. The van der Waals surface area contributed by atoms with Gasteiger partial charge in [-0.2, -0.15) is 0 Å². The number of nitrogens with zero attached hydrogens (tertiary/aromatic N) is 1. The van der Waals surface area contributed by atoms with E-state index >= 15 is 0 Å². The molecule has 0 amide bonds. The van der Waals surface area contributed by atoms with Gasteiger partial charge in [0.05, 0.1) is 19.6 Å². The highest BCUT2D eigenvalue weighted by Crippen LogP contribution is 2.46. The lowest BCUT2D eigenvalue weighted by atomic mass is 9.66. The van der Waals surface area contributed by atoms with Crippen molar-refractivity contribution in [2.75, 3.05) is 19.6 Å². The summed E-state index contributed by atoms with van der Waals surface area (Å²) in [4.78, 5) is 0. The average Bonchev–Trinajstić information content (AvgIpc) is 3.05. The molecule has 0 radical (unpaired) electrons. The highest BCUT2D eigenvalue weighted by atomic mass is 15.4. The first-order chi connectivity index (χ1) is 20.2. The maximum atomic E-state index is 2.41. The van der Waals surface area contributed by atoms with Crippen molar-refractivity contribution in [2.45, 2.75) is 83.6 Å². The number of hydrogen-bond donors (Lipinski definition) is 0. The Morgan fingerprint density at radius 3 is 1.17 bits per heavy atom. The highest BCUT2D eigenvalue weighted by molar-refractivity contribution is 5.50. The monoisotopic (exact) mass is 546 g/mol. The smallest absolute Gasteiger partial charge is 0.115 e. The van der Waals surface area contributed by atoms with E-state index in [4.69, 9.17) is 0 Å². The quantitative estimate of drug-likeness (QED) is 0.0912. The number of unbranched alkanes of at least 4 members (excludes halogenated alkanes) is 3. The van der Waals surface area contributed by atoms with Gasteiger partial charge in [-0.3, -0.25) is 0 Å². The van der Waals surface area contributed by atoms with E-state index in [2.05, 4.69) is 142 Å². The van der Waals surface area contributed by atoms with Crippen LogP contribution < -0.4 is 0 Å². The third-order valence-electron chi connectivity index (χ3n) is 9.31. The fourth-order valence-electron chi connectivity index (χ4n) is 7.11. The molecule has 1 unspecified atom stereocenters. The van der Waals surface area contributed by atoms with Gasteiger partial charge >= 0.3 is 0 Å². The summed E-state index contributed by atoms with van der Waals surface area (Å²) in [6.45, 7) is 10.9. The molecule has 0 bridgehead atoms. The van der Waals surface area contributed by atoms with E-state index in [0.29, 0.717) is 6.04 Å². The zero-order valence-electron chi connectivity index (χ0n) is 25.8. The minimum Gasteiger partial charge on any atom is -0.317 e. The van der Waals surface area contributed by atoms with E-state index in [9.17, 15) is 0 Å². The number of benzene rings is 4. The van der Waals surface area contributed by atoms with Crippen molar-refractivity contribution in [1.29, 1.82) is 0 Å². The molecule has 0 aliphatic carbocycles. The van der Waals surface area contributed by atoms with Gasteiger partial charge in [0, 0.05) is 17.4 Å². The van der Waals surface area contributed by atoms with Crippen LogP contribution in [-0.2, 0) is 5.41 Å². The van der Waals surface area contributed by atoms with Crippen LogP contribution in [0.25, 0.3) is 0 Å². The second kappa shape index (κ2) is 15.7. The molecule has 0 saturated carbocycles. The molecule has 0 aliphatic heterocycles. The Bertz CT molecular complexity index is 1110. The maximum Gasteiger partial charge on any atom is 0.115 e. The molecule has 1 atom stereocenters. The van der Waals surface area contributed by atoms with E-state index in [1.807, 2.05) is 0 Å². The van der Waals surface area contributed by atoms with Gasteiger partial charge in [0.2, 0.25) is 0 Å². The van der Waals surface area contributed by atoms with Gasteiger partial charge in [-0.25, -0.2) is 0 Å². The van der Waals surface area contributed by atoms with Crippen LogP contribution in [-0.4, -0.2) is 24.1 Å². The molecule has 4 rings (SSSR count). The fraction of sp³-hybridized carbons (Fsp3) is 0.400. The molecule has 41 heavy (non-hydrogen) atoms. The summed E-state index contributed by atoms with van der Waals surface area (Å²) in [5, 5.41) is 0. The van der Waals surface area contributed by atoms with E-state index in [1.165, 1.54) is 84.9 Å². The van der Waals surface area contributed by atoms with Crippen LogP contribution in [0.3, 0.4) is 0 Å². The number of quaternary nitrogens is 1. The summed E-state index contributed by atoms with van der Waals surface area (Å²) >= 11 is 0. The van der Waals surface area contributed by atoms with Gasteiger partial charge in [-0.15, -0.1) is 0 Å². The standard InChI is InChI=1S/C40H52N/c1-4-7-32-41(33-8-5-2,34-9-6-3)39(35-22-14-10-15-23-35)30-31-40(36-24-16-11-17-25-36,37-26-18-12-19-27-37)38-28-20-13-21-29-38/h10-29,39H,4-9,30-34H2,1-3H3/q+1. The fourth-order valence-corrected chi connectivity index (χ4v) is 7.11. The van der Waals surface area contributed by atoms with Crippen molar-refractivity contribution in [3.8, 4) is 0 Å². The minimum atomic E-state index is -0.216. The van der Waals surface area contributed by atoms with Gasteiger partial charge in [-0.1, -0.05) is 161 Å². The normalized spacial score (nSPS) is 12.8. The topological polar surface area (TPSA) is 0 Å². The zero-order valence-corrected chi connectivity index (χ0v) is 25.8. The van der Waals surface area contributed by atoms with Gasteiger partial charge in [-0.05, 0) is 42.4 Å². The molecular weight excluding hydrogens is 494 g/mol. The van der Waals surface area contributed by atoms with Crippen LogP contribution in [0.2, 0.25) is 0 Å². The van der Waals surface area contributed by atoms with E-state index in [1.54, 1.807) is 0 Å². The lowest BCUT2D eigenvalue weighted by Gasteiger charge is -2.47. The first-order valence-corrected chi connectivity index (χ1v) is 16.3. The second-order valence-corrected chi connectivity index (χ2v) is 11.9. The Labute approximate surface area is 250 Å². The minimum absolute atomic E-state index is 0.216. The molecule has 0 heterocycles. The summed E-state index contributed by atoms with van der Waals surface area (Å²) in [6.07, 6.45) is 9.83. The van der Waals surface area contributed by atoms with Crippen LogP contribution in [0.15, 0.2) is 121 Å². The summed E-state index contributed by atoms with van der Waals surface area (Å²) in [5.41, 5.74) is 5.46. The van der Waals surface area contributed by atoms with Crippen LogP contribution in [0.4, 0.5) is 0 Å². The first-order valence-electron chi connectivity index (χ1n) is 16.3. The SMILES string of the molecule is CCCC[N+](CCCC)(CCCC)C(CCC(c1ccccc1)(c1ccccc1)c1ccccc1)c1ccccc1. The molecule has 0 saturated heterocycles. The lowest BCUT2D eigenvalue weighted by Crippen LogP contribution is -2.53. The molecule has 4 aromatic carbocycles. The number of hydrogen-bond acceptors (Lipinski definition) is 0. The summed E-state index contributed by atoms with van der Waals surface area (Å²) in [7, 11) is 0. The van der Waals surface area contributed by atoms with Gasteiger partial charge < -0.3 is 4.48 Å². The van der Waals surface area contributed by atoms with Crippen molar-refractivity contribution in [2.24, 2.45) is 0 Å². The molecule has 4 aromatic rings. The van der Waals surface area contributed by atoms with Gasteiger partial charge in [0.1, 0.15) is 6.04 Å². The Kier molecular flexibility index (Phi) is 11.8. The molecule has 0 fully saturated rings. The van der Waals surface area contributed by atoms with Crippen LogP contribution in [0.5, 0.6) is 0 Å². The van der Waals surface area contributed by atoms with Crippen molar-refractivity contribution >= 4 is 0 Å². The average molecular weight is 547 g/mol. The van der Waals surface area contributed by atoms with E-state index in [-0.39, 0.29) is 5.41 Å². The van der Waals surface area contributed by atoms with Crippen molar-refractivity contribution in [3.05, 3.63) is 144 Å². The van der Waals surface area contributed by atoms with Gasteiger partial charge in [0.15, 0.2) is 0 Å². The molecule has 1 nitrogen and oxygen atoms in total. The maximum absolute atomic E-state index is 2.41. The van der Waals surface area contributed by atoms with E-state index in [0.717, 1.165) is 12.8 Å². The zero-order chi connectivity index (χ0) is 28.8. The van der Waals surface area contributed by atoms with Gasteiger partial charge in [0.25, 0.3) is 0 Å². The summed E-state index contributed by atoms with van der Waals surface area (Å²) in [6, 6.07) is 45.9.